The predicted molar refractivity (Wildman–Crippen MR) is 124 cm³/mol. The molecule has 8 heteroatoms. The molecule has 1 aliphatic rings. The Morgan fingerprint density at radius 3 is 2.76 bits per heavy atom. The van der Waals surface area contributed by atoms with Crippen LogP contribution in [0, 0.1) is 5.82 Å². The van der Waals surface area contributed by atoms with Crippen LogP contribution in [0.15, 0.2) is 35.0 Å². The van der Waals surface area contributed by atoms with Crippen LogP contribution in [0.5, 0.6) is 0 Å². The van der Waals surface area contributed by atoms with E-state index in [1.54, 1.807) is 25.0 Å². The summed E-state index contributed by atoms with van der Waals surface area (Å²) in [5.41, 5.74) is 1.90. The van der Waals surface area contributed by atoms with Crippen LogP contribution in [-0.2, 0) is 11.3 Å². The molecule has 0 N–H and O–H groups in total. The van der Waals surface area contributed by atoms with Crippen molar-refractivity contribution in [1.82, 2.24) is 19.6 Å². The number of carbonyl (C=O) groups excluding carboxylic acids is 2. The zero-order valence-electron chi connectivity index (χ0n) is 19.7. The molecular formula is C25H31FN4O3. The smallest absolute Gasteiger partial charge is 0.289 e. The molecule has 1 fully saturated rings. The molecule has 1 atom stereocenters. The number of furan rings is 1. The van der Waals surface area contributed by atoms with E-state index in [1.165, 1.54) is 11.0 Å². The predicted octanol–water partition coefficient (Wildman–Crippen LogP) is 4.39. The third kappa shape index (κ3) is 4.65. The van der Waals surface area contributed by atoms with E-state index in [0.29, 0.717) is 42.6 Å². The number of hydrogen-bond donors (Lipinski definition) is 0. The second kappa shape index (κ2) is 9.37. The van der Waals surface area contributed by atoms with Crippen molar-refractivity contribution in [2.45, 2.75) is 51.5 Å². The fraction of sp³-hybridized carbons (Fsp3) is 0.480. The molecule has 176 valence electrons. The van der Waals surface area contributed by atoms with Crippen LogP contribution in [0.4, 0.5) is 4.39 Å². The Labute approximate surface area is 193 Å². The molecule has 0 radical (unpaired) electrons. The first-order valence-corrected chi connectivity index (χ1v) is 11.5. The molecule has 7 nitrogen and oxygen atoms in total. The maximum atomic E-state index is 15.7. The zero-order valence-corrected chi connectivity index (χ0v) is 19.7. The molecule has 0 unspecified atom stereocenters. The summed E-state index contributed by atoms with van der Waals surface area (Å²) in [6.07, 6.45) is 5.53. The van der Waals surface area contributed by atoms with E-state index >= 15 is 4.39 Å². The summed E-state index contributed by atoms with van der Waals surface area (Å²) in [7, 11) is 3.28. The number of aromatic nitrogens is 2. The molecule has 2 amide bonds. The summed E-state index contributed by atoms with van der Waals surface area (Å²) in [5.74, 6) is -0.469. The third-order valence-corrected chi connectivity index (χ3v) is 6.36. The Bertz CT molecular complexity index is 1150. The highest BCUT2D eigenvalue weighted by Gasteiger charge is 2.30. The summed E-state index contributed by atoms with van der Waals surface area (Å²) in [6.45, 7) is 5.75. The van der Waals surface area contributed by atoms with Gasteiger partial charge in [-0.25, -0.2) is 4.39 Å². The average molecular weight is 455 g/mol. The number of likely N-dealkylation sites (tertiary alicyclic amines) is 1. The number of amides is 2. The molecule has 0 bridgehead atoms. The largest absolute Gasteiger partial charge is 0.450 e. The third-order valence-electron chi connectivity index (χ3n) is 6.36. The molecule has 0 saturated carbocycles. The number of fused-ring (bicyclic) bond motifs is 1. The lowest BCUT2D eigenvalue weighted by Crippen LogP contribution is -2.39. The van der Waals surface area contributed by atoms with E-state index in [4.69, 9.17) is 4.42 Å². The van der Waals surface area contributed by atoms with Gasteiger partial charge in [0.25, 0.3) is 5.91 Å². The highest BCUT2D eigenvalue weighted by molar-refractivity contribution is 5.97. The second-order valence-corrected chi connectivity index (χ2v) is 9.27. The van der Waals surface area contributed by atoms with Crippen molar-refractivity contribution in [3.63, 3.8) is 0 Å². The Morgan fingerprint density at radius 1 is 1.30 bits per heavy atom. The first-order valence-electron chi connectivity index (χ1n) is 11.5. The van der Waals surface area contributed by atoms with Gasteiger partial charge in [0, 0.05) is 64.5 Å². The molecule has 0 spiro atoms. The van der Waals surface area contributed by atoms with Gasteiger partial charge in [-0.2, -0.15) is 5.10 Å². The highest BCUT2D eigenvalue weighted by Crippen LogP contribution is 2.38. The van der Waals surface area contributed by atoms with E-state index in [2.05, 4.69) is 5.10 Å². The van der Waals surface area contributed by atoms with Crippen LogP contribution in [0.1, 0.15) is 66.6 Å². The van der Waals surface area contributed by atoms with Crippen LogP contribution in [-0.4, -0.2) is 58.6 Å². The lowest BCUT2D eigenvalue weighted by molar-refractivity contribution is -0.132. The summed E-state index contributed by atoms with van der Waals surface area (Å²) in [5, 5.41) is 4.48. The number of carbonyl (C=O) groups is 2. The lowest BCUT2D eigenvalue weighted by Gasteiger charge is -2.33. The Kier molecular flexibility index (Phi) is 6.54. The summed E-state index contributed by atoms with van der Waals surface area (Å²) in [6, 6.07) is 5.22. The van der Waals surface area contributed by atoms with E-state index in [9.17, 15) is 9.59 Å². The molecule has 3 heterocycles. The minimum Gasteiger partial charge on any atom is -0.450 e. The molecule has 3 aromatic rings. The van der Waals surface area contributed by atoms with E-state index < -0.39 is 0 Å². The SMILES string of the molecule is CC(C)c1cc([C@H]2CCCN(C(=O)CCn3cccn3)C2)c(F)c2cc(C(=O)N(C)C)oc12. The van der Waals surface area contributed by atoms with Crippen molar-refractivity contribution in [1.29, 1.82) is 0 Å². The highest BCUT2D eigenvalue weighted by atomic mass is 19.1. The number of aryl methyl sites for hydroxylation is 1. The fourth-order valence-corrected chi connectivity index (χ4v) is 4.53. The standard InChI is InChI=1S/C25H31FN4O3/c1-16(2)18-13-19(23(26)20-14-21(33-24(18)20)25(32)28(3)4)17-7-5-10-29(15-17)22(31)8-12-30-11-6-9-27-30/h6,9,11,13-14,16-17H,5,7-8,10,12,15H2,1-4H3/t17-/m0/s1. The Balaban J connectivity index is 1.61. The summed E-state index contributed by atoms with van der Waals surface area (Å²) >= 11 is 0. The quantitative estimate of drug-likeness (QED) is 0.554. The van der Waals surface area contributed by atoms with Gasteiger partial charge in [-0.15, -0.1) is 0 Å². The summed E-state index contributed by atoms with van der Waals surface area (Å²) < 4.78 is 23.3. The molecule has 33 heavy (non-hydrogen) atoms. The van der Waals surface area contributed by atoms with Crippen LogP contribution >= 0.6 is 0 Å². The van der Waals surface area contributed by atoms with E-state index in [-0.39, 0.29) is 35.2 Å². The van der Waals surface area contributed by atoms with E-state index in [1.807, 2.05) is 37.1 Å². The van der Waals surface area contributed by atoms with Crippen molar-refractivity contribution < 1.29 is 18.4 Å². The van der Waals surface area contributed by atoms with Gasteiger partial charge < -0.3 is 14.2 Å². The molecule has 0 aliphatic carbocycles. The molecule has 1 aromatic carbocycles. The first kappa shape index (κ1) is 23.0. The number of nitrogens with zero attached hydrogens (tertiary/aromatic N) is 4. The molecule has 2 aromatic heterocycles. The number of rotatable bonds is 6. The average Bonchev–Trinajstić information content (AvgIpc) is 3.47. The van der Waals surface area contributed by atoms with Gasteiger partial charge in [0.15, 0.2) is 5.76 Å². The topological polar surface area (TPSA) is 71.6 Å². The summed E-state index contributed by atoms with van der Waals surface area (Å²) in [4.78, 5) is 28.5. The molecule has 1 saturated heterocycles. The van der Waals surface area contributed by atoms with Crippen molar-refractivity contribution >= 4 is 22.8 Å². The molecular weight excluding hydrogens is 423 g/mol. The van der Waals surface area contributed by atoms with Gasteiger partial charge in [-0.3, -0.25) is 14.3 Å². The van der Waals surface area contributed by atoms with Crippen LogP contribution in [0.3, 0.4) is 0 Å². The maximum absolute atomic E-state index is 15.7. The minimum atomic E-state index is -0.355. The van der Waals surface area contributed by atoms with Crippen LogP contribution in [0.25, 0.3) is 11.0 Å². The Morgan fingerprint density at radius 2 is 2.09 bits per heavy atom. The van der Waals surface area contributed by atoms with E-state index in [0.717, 1.165) is 18.4 Å². The minimum absolute atomic E-state index is 0.0583. The monoisotopic (exact) mass is 454 g/mol. The fourth-order valence-electron chi connectivity index (χ4n) is 4.53. The van der Waals surface area contributed by atoms with Crippen LogP contribution < -0.4 is 0 Å². The van der Waals surface area contributed by atoms with Gasteiger partial charge in [0.2, 0.25) is 5.91 Å². The van der Waals surface area contributed by atoms with Crippen molar-refractivity contribution in [3.05, 3.63) is 53.3 Å². The van der Waals surface area contributed by atoms with Gasteiger partial charge in [0.1, 0.15) is 11.4 Å². The van der Waals surface area contributed by atoms with Crippen LogP contribution in [0.2, 0.25) is 0 Å². The second-order valence-electron chi connectivity index (χ2n) is 9.27. The van der Waals surface area contributed by atoms with Crippen molar-refractivity contribution in [3.8, 4) is 0 Å². The molecule has 1 aliphatic heterocycles. The van der Waals surface area contributed by atoms with Gasteiger partial charge >= 0.3 is 0 Å². The maximum Gasteiger partial charge on any atom is 0.289 e. The van der Waals surface area contributed by atoms with Gasteiger partial charge in [-0.1, -0.05) is 13.8 Å². The first-order chi connectivity index (χ1) is 15.8. The normalized spacial score (nSPS) is 16.5. The number of benzene rings is 1. The van der Waals surface area contributed by atoms with Gasteiger partial charge in [-0.05, 0) is 42.0 Å². The molecule has 4 rings (SSSR count). The van der Waals surface area contributed by atoms with Gasteiger partial charge in [0.05, 0.1) is 5.39 Å². The van der Waals surface area contributed by atoms with Crippen molar-refractivity contribution in [2.24, 2.45) is 0 Å². The zero-order chi connectivity index (χ0) is 23.7. The van der Waals surface area contributed by atoms with Crippen molar-refractivity contribution in [2.75, 3.05) is 27.2 Å². The number of halogens is 1. The number of piperidine rings is 1. The number of hydrogen-bond acceptors (Lipinski definition) is 4. The Hall–Kier alpha value is -3.16. The lowest BCUT2D eigenvalue weighted by atomic mass is 9.86.